The van der Waals surface area contributed by atoms with Crippen molar-refractivity contribution >= 4 is 47.3 Å². The summed E-state index contributed by atoms with van der Waals surface area (Å²) in [6.07, 6.45) is 6.58. The highest BCUT2D eigenvalue weighted by Gasteiger charge is 2.45. The molecule has 1 aromatic carbocycles. The SMILES string of the molecule is CC[C@H](C)[C@@H]([C@@H](CC(=O)N1CCC[C@H]1[C@H](OC)[C@@H](C)C(=O)N[C@@H](Cc1ccccc1)C(=O)N1OC2C=CC1CC2)OC)N(C)C(=O)[C@@H](NC(=O)[C@H](C(C)C)N(C)CCCC(=O)NNN1C(=O)CC(C)C1=O)C(C)C. The Hall–Kier alpha value is -5.28. The zero-order valence-electron chi connectivity index (χ0n) is 45.8. The van der Waals surface area contributed by atoms with Gasteiger partial charge in [0.05, 0.1) is 48.7 Å². The lowest BCUT2D eigenvalue weighted by Crippen LogP contribution is -2.60. The van der Waals surface area contributed by atoms with E-state index in [2.05, 4.69) is 21.6 Å². The number of benzene rings is 1. The van der Waals surface area contributed by atoms with Crippen LogP contribution in [0.25, 0.3) is 0 Å². The van der Waals surface area contributed by atoms with Crippen molar-refractivity contribution in [1.82, 2.24) is 46.4 Å². The largest absolute Gasteiger partial charge is 0.379 e. The molecule has 8 amide bonds. The number of likely N-dealkylation sites (tertiary alicyclic amines) is 1. The van der Waals surface area contributed by atoms with Crippen molar-refractivity contribution in [3.8, 4) is 0 Å². The molecular weight excluding hydrogens is 951 g/mol. The number of nitrogens with zero attached hydrogens (tertiary/aromatic N) is 5. The monoisotopic (exact) mass is 1040 g/mol. The summed E-state index contributed by atoms with van der Waals surface area (Å²) in [4.78, 5) is 120. The summed E-state index contributed by atoms with van der Waals surface area (Å²) < 4.78 is 12.2. The molecule has 3 unspecified atom stereocenters. The van der Waals surface area contributed by atoms with Crippen molar-refractivity contribution in [2.45, 2.75) is 174 Å². The summed E-state index contributed by atoms with van der Waals surface area (Å²) in [5, 5.41) is 8.31. The van der Waals surface area contributed by atoms with E-state index >= 15 is 0 Å². The number of hydroxylamine groups is 2. The van der Waals surface area contributed by atoms with E-state index in [9.17, 15) is 38.4 Å². The zero-order valence-corrected chi connectivity index (χ0v) is 45.8. The molecule has 0 saturated carbocycles. The molecule has 3 fully saturated rings. The van der Waals surface area contributed by atoms with Crippen LogP contribution >= 0.6 is 0 Å². The normalized spacial score (nSPS) is 22.9. The summed E-state index contributed by atoms with van der Waals surface area (Å²) >= 11 is 0. The van der Waals surface area contributed by atoms with Crippen LogP contribution in [0.4, 0.5) is 0 Å². The van der Waals surface area contributed by atoms with Crippen LogP contribution < -0.4 is 21.6 Å². The number of hydrogen-bond donors (Lipinski definition) is 4. The first kappa shape index (κ1) is 59.6. The second kappa shape index (κ2) is 27.5. The molecule has 5 aliphatic rings. The topological polar surface area (TPSA) is 229 Å². The van der Waals surface area contributed by atoms with Gasteiger partial charge in [-0.2, -0.15) is 5.01 Å². The van der Waals surface area contributed by atoms with Crippen molar-refractivity contribution in [1.29, 1.82) is 0 Å². The van der Waals surface area contributed by atoms with Gasteiger partial charge in [-0.3, -0.25) is 53.5 Å². The average molecular weight is 1040 g/mol. The standard InChI is InChI=1S/C54H85N9O11/c1-13-34(6)48(60(10)54(71)46(32(2)3)56-51(68)47(33(4)5)59(9)27-18-22-43(64)57-58-62-45(66)29-35(7)52(62)69)42(72-11)31-44(65)61-28-17-21-41(61)49(73-12)36(8)50(67)55-40(30-37-19-15-14-16-20-37)53(70)63-38-23-25-39(74-63)26-24-38/h14-16,19-20,23,25,32-36,38-42,46-49,58H,13,17-18,21-22,24,26-31H2,1-12H3,(H,55,67)(H,56,68)(H,57,64)/t34-,35?,36+,38?,39?,40-,41-,42+,46-,47-,48-,49+/m0/s1. The number of carbonyl (C=O) groups is 8. The van der Waals surface area contributed by atoms with Crippen LogP contribution in [-0.2, 0) is 59.1 Å². The van der Waals surface area contributed by atoms with E-state index in [1.54, 1.807) is 37.7 Å². The van der Waals surface area contributed by atoms with E-state index < -0.39 is 72.0 Å². The molecule has 412 valence electrons. The van der Waals surface area contributed by atoms with E-state index in [1.165, 1.54) is 19.3 Å². The summed E-state index contributed by atoms with van der Waals surface area (Å²) in [5.41, 5.74) is 5.70. The lowest BCUT2D eigenvalue weighted by molar-refractivity contribution is -0.232. The Morgan fingerprint density at radius 3 is 2.14 bits per heavy atom. The van der Waals surface area contributed by atoms with Crippen molar-refractivity contribution < 1.29 is 52.7 Å². The van der Waals surface area contributed by atoms with Gasteiger partial charge in [-0.15, -0.1) is 5.53 Å². The van der Waals surface area contributed by atoms with Crippen LogP contribution in [0.3, 0.4) is 0 Å². The number of likely N-dealkylation sites (N-methyl/N-ethyl adjacent to an activating group) is 2. The molecule has 3 saturated heterocycles. The molecule has 20 heteroatoms. The lowest BCUT2D eigenvalue weighted by Gasteiger charge is -2.42. The molecule has 20 nitrogen and oxygen atoms in total. The Labute approximate surface area is 438 Å². The van der Waals surface area contributed by atoms with Crippen LogP contribution in [0.1, 0.15) is 119 Å². The zero-order chi connectivity index (χ0) is 54.6. The van der Waals surface area contributed by atoms with Crippen LogP contribution in [0, 0.1) is 29.6 Å². The number of hydrogen-bond acceptors (Lipinski definition) is 13. The second-order valence-corrected chi connectivity index (χ2v) is 21.5. The van der Waals surface area contributed by atoms with Gasteiger partial charge < -0.3 is 29.9 Å². The molecule has 2 bridgehead atoms. The molecule has 4 aliphatic heterocycles. The predicted octanol–water partition coefficient (Wildman–Crippen LogP) is 3.30. The molecule has 4 N–H and O–H groups in total. The van der Waals surface area contributed by atoms with E-state index in [0.717, 1.165) is 23.4 Å². The first-order valence-electron chi connectivity index (χ1n) is 26.7. The Morgan fingerprint density at radius 2 is 1.58 bits per heavy atom. The fourth-order valence-corrected chi connectivity index (χ4v) is 11.0. The maximum absolute atomic E-state index is 14.7. The van der Waals surface area contributed by atoms with Gasteiger partial charge in [-0.05, 0) is 69.0 Å². The van der Waals surface area contributed by atoms with Crippen molar-refractivity contribution in [2.24, 2.45) is 29.6 Å². The van der Waals surface area contributed by atoms with Crippen LogP contribution in [0.15, 0.2) is 42.5 Å². The lowest BCUT2D eigenvalue weighted by atomic mass is 9.89. The van der Waals surface area contributed by atoms with E-state index in [-0.39, 0.29) is 85.1 Å². The third kappa shape index (κ3) is 14.8. The number of nitrogens with one attached hydrogen (secondary N) is 4. The second-order valence-electron chi connectivity index (χ2n) is 21.5. The Bertz CT molecular complexity index is 2140. The third-order valence-corrected chi connectivity index (χ3v) is 15.4. The fraction of sp³-hybridized carbons (Fsp3) is 0.704. The van der Waals surface area contributed by atoms with Crippen LogP contribution in [0.5, 0.6) is 0 Å². The molecule has 74 heavy (non-hydrogen) atoms. The fourth-order valence-electron chi connectivity index (χ4n) is 11.0. The maximum Gasteiger partial charge on any atom is 0.269 e. The molecule has 0 aromatic heterocycles. The van der Waals surface area contributed by atoms with Crippen molar-refractivity contribution in [3.63, 3.8) is 0 Å². The number of hydrazine groups is 2. The van der Waals surface area contributed by atoms with Crippen molar-refractivity contribution in [3.05, 3.63) is 48.0 Å². The van der Waals surface area contributed by atoms with Crippen LogP contribution in [0.2, 0.25) is 0 Å². The number of methoxy groups -OCH3 is 2. The summed E-state index contributed by atoms with van der Waals surface area (Å²) in [7, 11) is 6.53. The molecule has 0 radical (unpaired) electrons. The van der Waals surface area contributed by atoms with Gasteiger partial charge >= 0.3 is 0 Å². The van der Waals surface area contributed by atoms with Gasteiger partial charge in [-0.25, -0.2) is 5.06 Å². The first-order chi connectivity index (χ1) is 35.1. The van der Waals surface area contributed by atoms with Gasteiger partial charge in [0, 0.05) is 53.0 Å². The highest BCUT2D eigenvalue weighted by Crippen LogP contribution is 2.31. The smallest absolute Gasteiger partial charge is 0.269 e. The van der Waals surface area contributed by atoms with Crippen LogP contribution in [-0.4, -0.2) is 168 Å². The van der Waals surface area contributed by atoms with Gasteiger partial charge in [-0.1, -0.05) is 104 Å². The van der Waals surface area contributed by atoms with Gasteiger partial charge in [0.25, 0.3) is 5.91 Å². The molecule has 6 rings (SSSR count). The summed E-state index contributed by atoms with van der Waals surface area (Å²) in [6, 6.07) is 5.81. The quantitative estimate of drug-likeness (QED) is 0.0565. The Balaban J connectivity index is 1.22. The molecule has 12 atom stereocenters. The first-order valence-corrected chi connectivity index (χ1v) is 26.7. The number of imide groups is 1. The van der Waals surface area contributed by atoms with Gasteiger partial charge in [0.2, 0.25) is 41.4 Å². The molecular formula is C54H85N9O11. The maximum atomic E-state index is 14.7. The number of ether oxygens (including phenoxy) is 2. The highest BCUT2D eigenvalue weighted by atomic mass is 16.7. The molecule has 1 aliphatic carbocycles. The van der Waals surface area contributed by atoms with E-state index in [1.807, 2.05) is 88.9 Å². The number of rotatable bonds is 27. The van der Waals surface area contributed by atoms with Crippen molar-refractivity contribution in [2.75, 3.05) is 41.4 Å². The third-order valence-electron chi connectivity index (χ3n) is 15.4. The minimum atomic E-state index is -0.919. The number of amides is 8. The van der Waals surface area contributed by atoms with E-state index in [0.29, 0.717) is 38.8 Å². The molecule has 4 heterocycles. The highest BCUT2D eigenvalue weighted by molar-refractivity contribution is 6.02. The number of carbonyl (C=O) groups excluding carboxylic acids is 8. The minimum Gasteiger partial charge on any atom is -0.379 e. The predicted molar refractivity (Wildman–Crippen MR) is 276 cm³/mol. The van der Waals surface area contributed by atoms with E-state index in [4.69, 9.17) is 14.3 Å². The minimum absolute atomic E-state index is 0.0581. The van der Waals surface area contributed by atoms with Gasteiger partial charge in [0.15, 0.2) is 0 Å². The summed E-state index contributed by atoms with van der Waals surface area (Å²) in [5.74, 6) is -4.66. The summed E-state index contributed by atoms with van der Waals surface area (Å²) in [6.45, 7) is 15.8. The Kier molecular flexibility index (Phi) is 22.1. The molecule has 0 spiro atoms. The average Bonchev–Trinajstić information content (AvgIpc) is 3.96. The Morgan fingerprint density at radius 1 is 0.878 bits per heavy atom. The number of fused-ring (bicyclic) bond motifs is 2. The van der Waals surface area contributed by atoms with Gasteiger partial charge in [0.1, 0.15) is 18.2 Å². The molecule has 1 aromatic rings.